The van der Waals surface area contributed by atoms with E-state index in [9.17, 15) is 0 Å². The van der Waals surface area contributed by atoms with Crippen LogP contribution in [0, 0.1) is 0 Å². The molecular weight excluding hydrogens is 268 g/mol. The normalized spacial score (nSPS) is 10.9. The average Bonchev–Trinajstić information content (AvgIpc) is 2.77. The minimum atomic E-state index is 0.463. The first kappa shape index (κ1) is 11.4. The van der Waals surface area contributed by atoms with Gasteiger partial charge in [0.2, 0.25) is 0 Å². The molecule has 0 aliphatic heterocycles. The largest absolute Gasteiger partial charge is 0.382 e. The maximum atomic E-state index is 5.96. The third-order valence-electron chi connectivity index (χ3n) is 2.37. The van der Waals surface area contributed by atoms with Crippen LogP contribution in [-0.2, 0) is 0 Å². The number of benzene rings is 1. The number of hydrogen-bond donors (Lipinski definition) is 1. The topological polar surface area (TPSA) is 56.2 Å². The lowest BCUT2D eigenvalue weighted by Crippen LogP contribution is -1.97. The number of halogens is 1. The first-order valence-electron chi connectivity index (χ1n) is 5.25. The van der Waals surface area contributed by atoms with E-state index in [-0.39, 0.29) is 0 Å². The molecule has 0 saturated heterocycles. The smallest absolute Gasteiger partial charge is 0.170 e. The van der Waals surface area contributed by atoms with E-state index in [1.54, 1.807) is 12.4 Å². The van der Waals surface area contributed by atoms with Gasteiger partial charge in [0.05, 0.1) is 6.20 Å². The third kappa shape index (κ3) is 2.14. The van der Waals surface area contributed by atoms with Gasteiger partial charge in [0.15, 0.2) is 5.65 Å². The van der Waals surface area contributed by atoms with Gasteiger partial charge in [-0.05, 0) is 18.2 Å². The number of fused-ring (bicyclic) bond motifs is 1. The lowest BCUT2D eigenvalue weighted by atomic mass is 10.4. The molecule has 0 aliphatic carbocycles. The number of rotatable bonds is 2. The van der Waals surface area contributed by atoms with E-state index in [1.807, 2.05) is 34.9 Å². The predicted octanol–water partition coefficient (Wildman–Crippen LogP) is 3.12. The Morgan fingerprint density at radius 1 is 1.33 bits per heavy atom. The van der Waals surface area contributed by atoms with Crippen molar-refractivity contribution in [3.8, 4) is 0 Å². The molecule has 2 N–H and O–H groups in total. The number of nitrogens with two attached hydrogens (primary N) is 1. The van der Waals surface area contributed by atoms with Crippen LogP contribution in [-0.4, -0.2) is 14.4 Å². The molecule has 1 aromatic carbocycles. The maximum Gasteiger partial charge on any atom is 0.170 e. The van der Waals surface area contributed by atoms with Gasteiger partial charge in [-0.2, -0.15) is 0 Å². The Kier molecular flexibility index (Phi) is 2.85. The van der Waals surface area contributed by atoms with E-state index in [1.165, 1.54) is 11.8 Å². The fraction of sp³-hybridized carbons (Fsp3) is 0. The van der Waals surface area contributed by atoms with E-state index < -0.39 is 0 Å². The summed E-state index contributed by atoms with van der Waals surface area (Å²) in [5, 5.41) is 1.46. The summed E-state index contributed by atoms with van der Waals surface area (Å²) in [6.45, 7) is 0. The zero-order valence-electron chi connectivity index (χ0n) is 9.25. The van der Waals surface area contributed by atoms with Crippen LogP contribution in [0.2, 0.25) is 5.02 Å². The van der Waals surface area contributed by atoms with E-state index in [2.05, 4.69) is 9.97 Å². The number of nitrogen functional groups attached to an aromatic ring is 1. The first-order valence-corrected chi connectivity index (χ1v) is 6.44. The number of nitrogens with zero attached hydrogens (tertiary/aromatic N) is 3. The van der Waals surface area contributed by atoms with Gasteiger partial charge in [0.1, 0.15) is 10.8 Å². The molecule has 90 valence electrons. The summed E-state index contributed by atoms with van der Waals surface area (Å²) in [4.78, 5) is 9.59. The van der Waals surface area contributed by atoms with E-state index >= 15 is 0 Å². The van der Waals surface area contributed by atoms with Crippen molar-refractivity contribution in [2.45, 2.75) is 9.92 Å². The highest BCUT2D eigenvalue weighted by atomic mass is 35.5. The molecule has 18 heavy (non-hydrogen) atoms. The molecule has 2 aromatic heterocycles. The van der Waals surface area contributed by atoms with Crippen molar-refractivity contribution in [3.05, 3.63) is 47.9 Å². The third-order valence-corrected chi connectivity index (χ3v) is 3.56. The van der Waals surface area contributed by atoms with Gasteiger partial charge in [0.25, 0.3) is 0 Å². The van der Waals surface area contributed by atoms with Crippen LogP contribution in [0.4, 0.5) is 5.82 Å². The minimum Gasteiger partial charge on any atom is -0.382 e. The van der Waals surface area contributed by atoms with Crippen molar-refractivity contribution < 1.29 is 0 Å². The maximum absolute atomic E-state index is 5.96. The molecule has 0 spiro atoms. The second kappa shape index (κ2) is 4.51. The van der Waals surface area contributed by atoms with Crippen LogP contribution in [0.3, 0.4) is 0 Å². The molecule has 0 saturated carbocycles. The molecule has 0 fully saturated rings. The van der Waals surface area contributed by atoms with E-state index in [0.717, 1.165) is 15.6 Å². The number of hydrogen-bond acceptors (Lipinski definition) is 4. The van der Waals surface area contributed by atoms with Crippen LogP contribution in [0.1, 0.15) is 0 Å². The molecule has 0 atom stereocenters. The second-order valence-corrected chi connectivity index (χ2v) is 5.19. The number of aromatic nitrogens is 3. The number of anilines is 1. The Hall–Kier alpha value is -1.72. The van der Waals surface area contributed by atoms with Gasteiger partial charge in [-0.25, -0.2) is 9.97 Å². The lowest BCUT2D eigenvalue weighted by molar-refractivity contribution is 1.04. The summed E-state index contributed by atoms with van der Waals surface area (Å²) in [6, 6.07) is 7.60. The van der Waals surface area contributed by atoms with Gasteiger partial charge in [-0.15, -0.1) is 0 Å². The van der Waals surface area contributed by atoms with Crippen molar-refractivity contribution in [2.24, 2.45) is 0 Å². The van der Waals surface area contributed by atoms with E-state index in [4.69, 9.17) is 17.3 Å². The molecule has 0 bridgehead atoms. The summed E-state index contributed by atoms with van der Waals surface area (Å²) in [7, 11) is 0. The molecular formula is C12H9ClN4S. The monoisotopic (exact) mass is 276 g/mol. The summed E-state index contributed by atoms with van der Waals surface area (Å²) >= 11 is 7.45. The van der Waals surface area contributed by atoms with Gasteiger partial charge in [-0.1, -0.05) is 29.4 Å². The Morgan fingerprint density at radius 2 is 2.22 bits per heavy atom. The molecule has 3 rings (SSSR count). The van der Waals surface area contributed by atoms with Crippen LogP contribution in [0.25, 0.3) is 5.65 Å². The van der Waals surface area contributed by atoms with Crippen molar-refractivity contribution in [3.63, 3.8) is 0 Å². The van der Waals surface area contributed by atoms with Crippen LogP contribution >= 0.6 is 23.4 Å². The summed E-state index contributed by atoms with van der Waals surface area (Å²) in [5.41, 5.74) is 6.55. The fourth-order valence-corrected chi connectivity index (χ4v) is 2.84. The van der Waals surface area contributed by atoms with Crippen molar-refractivity contribution in [1.82, 2.24) is 14.4 Å². The van der Waals surface area contributed by atoms with Gasteiger partial charge in [0, 0.05) is 22.3 Å². The summed E-state index contributed by atoms with van der Waals surface area (Å²) in [6.07, 6.45) is 5.30. The first-order chi connectivity index (χ1) is 8.72. The fourth-order valence-electron chi connectivity index (χ4n) is 1.63. The lowest BCUT2D eigenvalue weighted by Gasteiger charge is -2.04. The summed E-state index contributed by atoms with van der Waals surface area (Å²) < 4.78 is 1.86. The molecule has 6 heteroatoms. The van der Waals surface area contributed by atoms with Gasteiger partial charge in [-0.3, -0.25) is 0 Å². The van der Waals surface area contributed by atoms with Crippen molar-refractivity contribution in [2.75, 3.05) is 5.73 Å². The summed E-state index contributed by atoms with van der Waals surface area (Å²) in [5.74, 6) is 0.463. The predicted molar refractivity (Wildman–Crippen MR) is 73.0 cm³/mol. The highest BCUT2D eigenvalue weighted by Crippen LogP contribution is 2.30. The standard InChI is InChI=1S/C12H9ClN4S/c13-8-2-1-3-9(6-8)18-12-11-15-4-5-17(11)7-10(14)16-12/h1-7H,14H2. The van der Waals surface area contributed by atoms with Gasteiger partial charge >= 0.3 is 0 Å². The highest BCUT2D eigenvalue weighted by molar-refractivity contribution is 7.99. The van der Waals surface area contributed by atoms with E-state index in [0.29, 0.717) is 10.8 Å². The van der Waals surface area contributed by atoms with Crippen LogP contribution < -0.4 is 5.73 Å². The number of imidazole rings is 1. The second-order valence-electron chi connectivity index (χ2n) is 3.69. The Morgan fingerprint density at radius 3 is 3.06 bits per heavy atom. The molecule has 4 nitrogen and oxygen atoms in total. The van der Waals surface area contributed by atoms with Crippen LogP contribution in [0.15, 0.2) is 52.8 Å². The highest BCUT2D eigenvalue weighted by Gasteiger charge is 2.08. The minimum absolute atomic E-state index is 0.463. The molecule has 3 aromatic rings. The molecule has 0 unspecified atom stereocenters. The van der Waals surface area contributed by atoms with Gasteiger partial charge < -0.3 is 10.1 Å². The van der Waals surface area contributed by atoms with Crippen molar-refractivity contribution >= 4 is 34.8 Å². The SMILES string of the molecule is Nc1cn2ccnc2c(Sc2cccc(Cl)c2)n1. The zero-order chi connectivity index (χ0) is 12.5. The quantitative estimate of drug-likeness (QED) is 0.781. The Balaban J connectivity index is 2.06. The molecule has 0 amide bonds. The molecule has 2 heterocycles. The average molecular weight is 277 g/mol. The van der Waals surface area contributed by atoms with Crippen molar-refractivity contribution in [1.29, 1.82) is 0 Å². The zero-order valence-corrected chi connectivity index (χ0v) is 10.8. The Bertz CT molecular complexity index is 710. The molecule has 0 radical (unpaired) electrons. The van der Waals surface area contributed by atoms with Crippen LogP contribution in [0.5, 0.6) is 0 Å². The molecule has 0 aliphatic rings. The Labute approximate surface area is 113 Å².